The molecule has 0 radical (unpaired) electrons. The summed E-state index contributed by atoms with van der Waals surface area (Å²) in [7, 11) is 0. The molecule has 0 saturated heterocycles. The third-order valence-corrected chi connectivity index (χ3v) is 4.69. The molecule has 1 heterocycles. The number of hydrogen-bond donors (Lipinski definition) is 1. The molecule has 2 aromatic rings. The lowest BCUT2D eigenvalue weighted by Crippen LogP contribution is -2.50. The van der Waals surface area contributed by atoms with Crippen molar-refractivity contribution in [3.63, 3.8) is 0 Å². The molecule has 4 nitrogen and oxygen atoms in total. The summed E-state index contributed by atoms with van der Waals surface area (Å²) in [5.74, 6) is -3.09. The fourth-order valence-corrected chi connectivity index (χ4v) is 3.53. The Morgan fingerprint density at radius 2 is 1.73 bits per heavy atom. The average molecular weight is 383 g/mol. The van der Waals surface area contributed by atoms with E-state index in [0.29, 0.717) is 32.2 Å². The Morgan fingerprint density at radius 1 is 1.08 bits per heavy atom. The van der Waals surface area contributed by atoms with Gasteiger partial charge >= 0.3 is 12.1 Å². The Labute approximate surface area is 152 Å². The number of alkyl halides is 3. The number of amides is 2. The molecule has 0 bridgehead atoms. The van der Waals surface area contributed by atoms with Crippen molar-refractivity contribution in [3.8, 4) is 11.1 Å². The minimum Gasteiger partial charge on any atom is -0.368 e. The summed E-state index contributed by atoms with van der Waals surface area (Å²) in [6.07, 6.45) is -4.92. The van der Waals surface area contributed by atoms with Gasteiger partial charge in [0.25, 0.3) is 0 Å². The van der Waals surface area contributed by atoms with Gasteiger partial charge < -0.3 is 10.6 Å². The second-order valence-electron chi connectivity index (χ2n) is 5.90. The van der Waals surface area contributed by atoms with E-state index in [1.54, 1.807) is 36.4 Å². The summed E-state index contributed by atoms with van der Waals surface area (Å²) in [6, 6.07) is 10.4. The molecule has 2 amide bonds. The van der Waals surface area contributed by atoms with Crippen molar-refractivity contribution in [3.05, 3.63) is 58.6 Å². The van der Waals surface area contributed by atoms with Crippen molar-refractivity contribution in [2.45, 2.75) is 18.6 Å². The fraction of sp³-hybridized carbons (Fsp3) is 0.222. The van der Waals surface area contributed by atoms with E-state index in [-0.39, 0.29) is 13.0 Å². The minimum atomic E-state index is -5.08. The first kappa shape index (κ1) is 18.3. The van der Waals surface area contributed by atoms with Crippen LogP contribution in [0.4, 0.5) is 13.2 Å². The SMILES string of the molecule is NC(=O)C1c2cccc(-c3ccccc3Cl)c2CCN1C(=O)C(F)(F)F. The molecule has 26 heavy (non-hydrogen) atoms. The van der Waals surface area contributed by atoms with E-state index in [2.05, 4.69) is 0 Å². The number of primary amides is 1. The second kappa shape index (κ2) is 6.64. The fourth-order valence-electron chi connectivity index (χ4n) is 3.29. The number of hydrogen-bond acceptors (Lipinski definition) is 2. The quantitative estimate of drug-likeness (QED) is 0.864. The van der Waals surface area contributed by atoms with Gasteiger partial charge in [0.05, 0.1) is 0 Å². The van der Waals surface area contributed by atoms with Gasteiger partial charge in [-0.25, -0.2) is 0 Å². The summed E-state index contributed by atoms with van der Waals surface area (Å²) < 4.78 is 38.6. The molecule has 136 valence electrons. The van der Waals surface area contributed by atoms with E-state index in [1.807, 2.05) is 0 Å². The lowest BCUT2D eigenvalue weighted by atomic mass is 9.86. The Hall–Kier alpha value is -2.54. The van der Waals surface area contributed by atoms with Crippen LogP contribution in [0.1, 0.15) is 17.2 Å². The van der Waals surface area contributed by atoms with E-state index >= 15 is 0 Å². The summed E-state index contributed by atoms with van der Waals surface area (Å²) in [5.41, 5.74) is 7.70. The van der Waals surface area contributed by atoms with Crippen molar-refractivity contribution in [2.24, 2.45) is 5.73 Å². The molecule has 3 rings (SSSR count). The standard InChI is InChI=1S/C18H14ClF3N2O2/c19-14-7-2-1-4-12(14)10-5-3-6-13-11(10)8-9-24(15(13)16(23)25)17(26)18(20,21)22/h1-7,15H,8-9H2,(H2,23,25). The van der Waals surface area contributed by atoms with Crippen LogP contribution >= 0.6 is 11.6 Å². The lowest BCUT2D eigenvalue weighted by Gasteiger charge is -2.36. The van der Waals surface area contributed by atoms with Gasteiger partial charge in [0.15, 0.2) is 0 Å². The highest BCUT2D eigenvalue weighted by Crippen LogP contribution is 2.39. The van der Waals surface area contributed by atoms with Gasteiger partial charge in [-0.15, -0.1) is 0 Å². The molecule has 0 saturated carbocycles. The largest absolute Gasteiger partial charge is 0.471 e. The summed E-state index contributed by atoms with van der Waals surface area (Å²) in [4.78, 5) is 24.1. The maximum absolute atomic E-state index is 12.9. The first-order chi connectivity index (χ1) is 12.2. The molecular formula is C18H14ClF3N2O2. The zero-order valence-corrected chi connectivity index (χ0v) is 14.1. The summed E-state index contributed by atoms with van der Waals surface area (Å²) in [5, 5.41) is 0.477. The third kappa shape index (κ3) is 3.14. The van der Waals surface area contributed by atoms with E-state index in [1.165, 1.54) is 6.07 Å². The smallest absolute Gasteiger partial charge is 0.368 e. The number of nitrogens with zero attached hydrogens (tertiary/aromatic N) is 1. The van der Waals surface area contributed by atoms with Crippen LogP contribution in [0.5, 0.6) is 0 Å². The molecule has 2 N–H and O–H groups in total. The second-order valence-corrected chi connectivity index (χ2v) is 6.31. The molecule has 0 spiro atoms. The van der Waals surface area contributed by atoms with E-state index < -0.39 is 24.0 Å². The third-order valence-electron chi connectivity index (χ3n) is 4.36. The van der Waals surface area contributed by atoms with Crippen LogP contribution in [-0.4, -0.2) is 29.4 Å². The van der Waals surface area contributed by atoms with Crippen LogP contribution in [-0.2, 0) is 16.0 Å². The Kier molecular flexibility index (Phi) is 4.66. The zero-order valence-electron chi connectivity index (χ0n) is 13.4. The number of benzene rings is 2. The zero-order chi connectivity index (χ0) is 19.1. The maximum atomic E-state index is 12.9. The van der Waals surface area contributed by atoms with Crippen LogP contribution < -0.4 is 5.73 Å². The van der Waals surface area contributed by atoms with Crippen molar-refractivity contribution in [2.75, 3.05) is 6.54 Å². The number of rotatable bonds is 2. The number of nitrogens with two attached hydrogens (primary N) is 1. The molecule has 0 aliphatic carbocycles. The Balaban J connectivity index is 2.14. The van der Waals surface area contributed by atoms with Crippen LogP contribution in [0.15, 0.2) is 42.5 Å². The summed E-state index contributed by atoms with van der Waals surface area (Å²) >= 11 is 6.23. The lowest BCUT2D eigenvalue weighted by molar-refractivity contribution is -0.188. The van der Waals surface area contributed by atoms with Gasteiger partial charge in [0.2, 0.25) is 5.91 Å². The van der Waals surface area contributed by atoms with Crippen LogP contribution in [0.2, 0.25) is 5.02 Å². The van der Waals surface area contributed by atoms with Gasteiger partial charge in [-0.2, -0.15) is 13.2 Å². The predicted octanol–water partition coefficient (Wildman–Crippen LogP) is 3.48. The monoisotopic (exact) mass is 382 g/mol. The highest BCUT2D eigenvalue weighted by molar-refractivity contribution is 6.33. The topological polar surface area (TPSA) is 63.4 Å². The Morgan fingerprint density at radius 3 is 2.35 bits per heavy atom. The van der Waals surface area contributed by atoms with Gasteiger partial charge in [-0.1, -0.05) is 48.0 Å². The van der Waals surface area contributed by atoms with E-state index in [9.17, 15) is 22.8 Å². The van der Waals surface area contributed by atoms with Gasteiger partial charge in [0, 0.05) is 17.1 Å². The molecular weight excluding hydrogens is 369 g/mol. The Bertz CT molecular complexity index is 883. The molecule has 1 unspecified atom stereocenters. The predicted molar refractivity (Wildman–Crippen MR) is 90.3 cm³/mol. The van der Waals surface area contributed by atoms with Crippen LogP contribution in [0.3, 0.4) is 0 Å². The molecule has 0 fully saturated rings. The minimum absolute atomic E-state index is 0.155. The first-order valence-electron chi connectivity index (χ1n) is 7.75. The average Bonchev–Trinajstić information content (AvgIpc) is 2.59. The van der Waals surface area contributed by atoms with Crippen LogP contribution in [0, 0.1) is 0 Å². The van der Waals surface area contributed by atoms with Crippen LogP contribution in [0.25, 0.3) is 11.1 Å². The van der Waals surface area contributed by atoms with E-state index in [4.69, 9.17) is 17.3 Å². The van der Waals surface area contributed by atoms with Crippen molar-refractivity contribution in [1.29, 1.82) is 0 Å². The first-order valence-corrected chi connectivity index (χ1v) is 8.13. The number of halogens is 4. The number of carbonyl (C=O) groups is 2. The van der Waals surface area contributed by atoms with Gasteiger partial charge in [-0.05, 0) is 29.2 Å². The number of carbonyl (C=O) groups excluding carboxylic acids is 2. The number of fused-ring (bicyclic) bond motifs is 1. The van der Waals surface area contributed by atoms with E-state index in [0.717, 1.165) is 0 Å². The highest BCUT2D eigenvalue weighted by atomic mass is 35.5. The normalized spacial score (nSPS) is 16.9. The maximum Gasteiger partial charge on any atom is 0.471 e. The van der Waals surface area contributed by atoms with Gasteiger partial charge in [0.1, 0.15) is 6.04 Å². The van der Waals surface area contributed by atoms with Crippen molar-refractivity contribution >= 4 is 23.4 Å². The molecule has 1 atom stereocenters. The molecule has 1 aliphatic rings. The highest BCUT2D eigenvalue weighted by Gasteiger charge is 2.47. The van der Waals surface area contributed by atoms with Crippen molar-refractivity contribution in [1.82, 2.24) is 4.90 Å². The molecule has 2 aromatic carbocycles. The molecule has 1 aliphatic heterocycles. The van der Waals surface area contributed by atoms with Crippen molar-refractivity contribution < 1.29 is 22.8 Å². The van der Waals surface area contributed by atoms with Gasteiger partial charge in [-0.3, -0.25) is 9.59 Å². The summed E-state index contributed by atoms with van der Waals surface area (Å²) in [6.45, 7) is -0.263. The molecule has 0 aromatic heterocycles. The molecule has 8 heteroatoms.